The zero-order valence-corrected chi connectivity index (χ0v) is 28.4. The fraction of sp³-hybridized carbons (Fsp3) is 0.368. The largest absolute Gasteiger partial charge is 0.344 e. The van der Waals surface area contributed by atoms with E-state index in [1.165, 1.54) is 78.6 Å². The van der Waals surface area contributed by atoms with Gasteiger partial charge in [-0.05, 0) is 117 Å². The molecule has 1 aliphatic rings. The van der Waals surface area contributed by atoms with Crippen molar-refractivity contribution in [2.45, 2.75) is 93.3 Å². The molecule has 0 saturated heterocycles. The number of benzene rings is 4. The molecule has 4 aromatic rings. The van der Waals surface area contributed by atoms with Crippen LogP contribution in [-0.2, 0) is 9.05 Å². The lowest BCUT2D eigenvalue weighted by atomic mass is 9.95. The molecule has 42 heavy (non-hydrogen) atoms. The molecule has 0 N–H and O–H groups in total. The van der Waals surface area contributed by atoms with Gasteiger partial charge in [-0.2, -0.15) is 0 Å². The highest BCUT2D eigenvalue weighted by atomic mass is 31.1. The molecule has 0 amide bonds. The molecule has 0 spiro atoms. The van der Waals surface area contributed by atoms with E-state index in [0.29, 0.717) is 0 Å². The van der Waals surface area contributed by atoms with Crippen molar-refractivity contribution in [1.82, 2.24) is 0 Å². The van der Waals surface area contributed by atoms with E-state index in [1.54, 1.807) is 0 Å². The Morgan fingerprint density at radius 3 is 0.810 bits per heavy atom. The van der Waals surface area contributed by atoms with E-state index in [0.717, 1.165) is 12.8 Å². The van der Waals surface area contributed by atoms with Gasteiger partial charge in [-0.15, -0.1) is 0 Å². The first-order valence-electron chi connectivity index (χ1n) is 15.3. The third-order valence-electron chi connectivity index (χ3n) is 7.89. The van der Waals surface area contributed by atoms with Gasteiger partial charge in [0.1, 0.15) is 0 Å². The zero-order valence-electron chi connectivity index (χ0n) is 26.6. The smallest absolute Gasteiger partial charge is 0.0923 e. The van der Waals surface area contributed by atoms with Crippen LogP contribution in [0.2, 0.25) is 0 Å². The minimum absolute atomic E-state index is 0.0494. The fourth-order valence-corrected chi connectivity index (χ4v) is 11.1. The van der Waals surface area contributed by atoms with Gasteiger partial charge in [0, 0.05) is 21.2 Å². The van der Waals surface area contributed by atoms with Gasteiger partial charge in [0.2, 0.25) is 0 Å². The summed E-state index contributed by atoms with van der Waals surface area (Å²) in [4.78, 5) is 0. The molecule has 0 aromatic heterocycles. The summed E-state index contributed by atoms with van der Waals surface area (Å²) >= 11 is 0. The summed E-state index contributed by atoms with van der Waals surface area (Å²) in [6, 6.07) is 27.6. The fourth-order valence-electron chi connectivity index (χ4n) is 6.39. The average Bonchev–Trinajstić information content (AvgIpc) is 2.88. The quantitative estimate of drug-likeness (QED) is 0.189. The van der Waals surface area contributed by atoms with Crippen molar-refractivity contribution in [3.05, 3.63) is 117 Å². The standard InChI is InChI=1S/C38H46O2P2/c1-25-13-26(2)18-33(17-25)41(34-19-27(3)14-28(4)20-34)39-37-11-9-10-12-38(37)40-42(35-21-29(5)15-30(6)22-35)36-23-31(7)16-32(8)24-36/h13-24,37-38H,9-12H2,1-8H3/t37-,38-/m0/s1. The highest BCUT2D eigenvalue weighted by molar-refractivity contribution is 7.69. The maximum Gasteiger partial charge on any atom is 0.0923 e. The van der Waals surface area contributed by atoms with E-state index < -0.39 is 16.3 Å². The molecule has 0 unspecified atom stereocenters. The Balaban J connectivity index is 1.53. The average molecular weight is 597 g/mol. The first kappa shape index (κ1) is 31.1. The van der Waals surface area contributed by atoms with E-state index in [1.807, 2.05) is 0 Å². The van der Waals surface area contributed by atoms with Crippen molar-refractivity contribution < 1.29 is 9.05 Å². The highest BCUT2D eigenvalue weighted by Gasteiger charge is 2.34. The Bertz CT molecular complexity index is 1260. The van der Waals surface area contributed by atoms with Crippen LogP contribution in [0, 0.1) is 55.4 Å². The van der Waals surface area contributed by atoms with E-state index in [-0.39, 0.29) is 12.2 Å². The second-order valence-electron chi connectivity index (χ2n) is 12.5. The second-order valence-corrected chi connectivity index (χ2v) is 16.2. The van der Waals surface area contributed by atoms with Crippen molar-refractivity contribution in [2.24, 2.45) is 0 Å². The molecule has 4 aromatic carbocycles. The highest BCUT2D eigenvalue weighted by Crippen LogP contribution is 2.46. The van der Waals surface area contributed by atoms with Crippen molar-refractivity contribution in [3.63, 3.8) is 0 Å². The third kappa shape index (κ3) is 7.78. The molecule has 0 bridgehead atoms. The van der Waals surface area contributed by atoms with Crippen LogP contribution in [0.25, 0.3) is 0 Å². The molecule has 1 saturated carbocycles. The SMILES string of the molecule is Cc1cc(C)cc(P(O[C@H]2CCCC[C@@H]2OP(c2cc(C)cc(C)c2)c2cc(C)cc(C)c2)c2cc(C)cc(C)c2)c1. The Morgan fingerprint density at radius 2 is 0.595 bits per heavy atom. The number of rotatable bonds is 8. The number of aryl methyl sites for hydroxylation is 8. The van der Waals surface area contributed by atoms with Crippen LogP contribution >= 0.6 is 16.3 Å². The van der Waals surface area contributed by atoms with Gasteiger partial charge in [-0.3, -0.25) is 0 Å². The summed E-state index contributed by atoms with van der Waals surface area (Å²) in [5, 5.41) is 5.18. The predicted octanol–water partition coefficient (Wildman–Crippen LogP) is 8.89. The van der Waals surface area contributed by atoms with Crippen molar-refractivity contribution >= 4 is 37.5 Å². The molecule has 4 heteroatoms. The Hall–Kier alpha value is -2.34. The van der Waals surface area contributed by atoms with Crippen LogP contribution < -0.4 is 21.2 Å². The van der Waals surface area contributed by atoms with Gasteiger partial charge >= 0.3 is 0 Å². The van der Waals surface area contributed by atoms with E-state index >= 15 is 0 Å². The van der Waals surface area contributed by atoms with Gasteiger partial charge < -0.3 is 9.05 Å². The van der Waals surface area contributed by atoms with E-state index in [4.69, 9.17) is 9.05 Å². The molecule has 5 rings (SSSR count). The molecular formula is C38H46O2P2. The molecule has 1 fully saturated rings. The molecule has 220 valence electrons. The van der Waals surface area contributed by atoms with Crippen LogP contribution in [0.1, 0.15) is 70.2 Å². The summed E-state index contributed by atoms with van der Waals surface area (Å²) < 4.78 is 14.6. The normalized spacial score (nSPS) is 17.3. The van der Waals surface area contributed by atoms with Crippen molar-refractivity contribution in [3.8, 4) is 0 Å². The number of hydrogen-bond donors (Lipinski definition) is 0. The minimum atomic E-state index is -0.992. The molecule has 1 aliphatic carbocycles. The maximum atomic E-state index is 7.31. The molecule has 2 atom stereocenters. The summed E-state index contributed by atoms with van der Waals surface area (Å²) in [7, 11) is -1.98. The monoisotopic (exact) mass is 596 g/mol. The second kappa shape index (κ2) is 13.5. The van der Waals surface area contributed by atoms with Gasteiger partial charge in [-0.25, -0.2) is 0 Å². The van der Waals surface area contributed by atoms with Crippen molar-refractivity contribution in [1.29, 1.82) is 0 Å². The van der Waals surface area contributed by atoms with Crippen molar-refractivity contribution in [2.75, 3.05) is 0 Å². The van der Waals surface area contributed by atoms with Gasteiger partial charge in [0.05, 0.1) is 28.5 Å². The topological polar surface area (TPSA) is 18.5 Å². The van der Waals surface area contributed by atoms with Crippen LogP contribution in [0.4, 0.5) is 0 Å². The molecular weight excluding hydrogens is 550 g/mol. The lowest BCUT2D eigenvalue weighted by Gasteiger charge is -2.37. The summed E-state index contributed by atoms with van der Waals surface area (Å²) in [6.45, 7) is 17.5. The van der Waals surface area contributed by atoms with Crippen LogP contribution in [0.5, 0.6) is 0 Å². The first-order chi connectivity index (χ1) is 20.0. The van der Waals surface area contributed by atoms with Gasteiger partial charge in [0.15, 0.2) is 0 Å². The maximum absolute atomic E-state index is 7.31. The summed E-state index contributed by atoms with van der Waals surface area (Å²) in [6.07, 6.45) is 4.52. The predicted molar refractivity (Wildman–Crippen MR) is 184 cm³/mol. The lowest BCUT2D eigenvalue weighted by Crippen LogP contribution is -2.36. The minimum Gasteiger partial charge on any atom is -0.344 e. The molecule has 0 aliphatic heterocycles. The Kier molecular flexibility index (Phi) is 10.0. The van der Waals surface area contributed by atoms with E-state index in [9.17, 15) is 0 Å². The Morgan fingerprint density at radius 1 is 0.381 bits per heavy atom. The number of hydrogen-bond acceptors (Lipinski definition) is 2. The van der Waals surface area contributed by atoms with Crippen LogP contribution in [0.3, 0.4) is 0 Å². The zero-order chi connectivity index (χ0) is 30.0. The Labute approximate surface area is 256 Å². The first-order valence-corrected chi connectivity index (χ1v) is 17.8. The molecule has 0 heterocycles. The summed E-state index contributed by atoms with van der Waals surface area (Å²) in [5.41, 5.74) is 10.3. The lowest BCUT2D eigenvalue weighted by molar-refractivity contribution is 0.0414. The van der Waals surface area contributed by atoms with Gasteiger partial charge in [0.25, 0.3) is 0 Å². The molecule has 2 nitrogen and oxygen atoms in total. The third-order valence-corrected chi connectivity index (χ3v) is 11.8. The van der Waals surface area contributed by atoms with Crippen LogP contribution in [0.15, 0.2) is 72.8 Å². The summed E-state index contributed by atoms with van der Waals surface area (Å²) in [5.74, 6) is 0. The molecule has 0 radical (unpaired) electrons. The van der Waals surface area contributed by atoms with E-state index in [2.05, 4.69) is 128 Å². The van der Waals surface area contributed by atoms with Gasteiger partial charge in [-0.1, -0.05) is 81.6 Å². The van der Waals surface area contributed by atoms with Crippen LogP contribution in [-0.4, -0.2) is 12.2 Å².